The largest absolute Gasteiger partial charge is 0.402 e. The van der Waals surface area contributed by atoms with Crippen molar-refractivity contribution in [2.75, 3.05) is 0 Å². The zero-order valence-corrected chi connectivity index (χ0v) is 7.84. The van der Waals surface area contributed by atoms with E-state index >= 15 is 0 Å². The van der Waals surface area contributed by atoms with Gasteiger partial charge in [-0.15, -0.1) is 0 Å². The molecular weight excluding hydrogens is 174 g/mol. The van der Waals surface area contributed by atoms with Gasteiger partial charge in [0.25, 0.3) is 0 Å². The van der Waals surface area contributed by atoms with Gasteiger partial charge in [0, 0.05) is 17.5 Å². The van der Waals surface area contributed by atoms with Gasteiger partial charge in [0.2, 0.25) is 0 Å². The van der Waals surface area contributed by atoms with E-state index in [0.29, 0.717) is 11.8 Å². The molecule has 0 aromatic rings. The monoisotopic (exact) mass is 187 g/mol. The van der Waals surface area contributed by atoms with Crippen LogP contribution in [-0.2, 0) is 4.74 Å². The number of hydrogen-bond acceptors (Lipinski definition) is 2. The van der Waals surface area contributed by atoms with Gasteiger partial charge in [0.05, 0.1) is 12.2 Å². The number of hydrogen-bond donors (Lipinski definition) is 1. The summed E-state index contributed by atoms with van der Waals surface area (Å²) in [5, 5.41) is 0. The Kier molecular flexibility index (Phi) is 1.64. The lowest BCUT2D eigenvalue weighted by Crippen LogP contribution is -2.27. The minimum atomic E-state index is 0.169. The van der Waals surface area contributed by atoms with E-state index in [1.54, 1.807) is 0 Å². The standard InChI is InChI=1S/C12H13NO/c13-9-5-3-7-11-12(9)8-4-1-2-6-10(8)14-11/h1-8,10-12H,13H2. The predicted octanol–water partition coefficient (Wildman–Crippen LogP) is 1.52. The van der Waals surface area contributed by atoms with Gasteiger partial charge in [-0.3, -0.25) is 0 Å². The summed E-state index contributed by atoms with van der Waals surface area (Å²) in [5.74, 6) is 0.761. The van der Waals surface area contributed by atoms with E-state index in [9.17, 15) is 0 Å². The molecule has 3 rings (SSSR count). The van der Waals surface area contributed by atoms with Crippen LogP contribution < -0.4 is 5.73 Å². The summed E-state index contributed by atoms with van der Waals surface area (Å²) in [7, 11) is 0. The number of nitrogens with two attached hydrogens (primary N) is 1. The van der Waals surface area contributed by atoms with Crippen molar-refractivity contribution in [2.24, 2.45) is 17.6 Å². The van der Waals surface area contributed by atoms with Gasteiger partial charge in [-0.1, -0.05) is 36.5 Å². The average molecular weight is 187 g/mol. The first kappa shape index (κ1) is 8.06. The lowest BCUT2D eigenvalue weighted by molar-refractivity contribution is 0.0874. The van der Waals surface area contributed by atoms with E-state index in [1.165, 1.54) is 0 Å². The van der Waals surface area contributed by atoms with Gasteiger partial charge in [0.1, 0.15) is 0 Å². The molecule has 0 radical (unpaired) electrons. The number of fused-ring (bicyclic) bond motifs is 3. The molecule has 2 nitrogen and oxygen atoms in total. The van der Waals surface area contributed by atoms with Gasteiger partial charge < -0.3 is 10.5 Å². The Labute approximate surface area is 83.4 Å². The molecule has 1 heterocycles. The molecular formula is C12H13NO. The van der Waals surface area contributed by atoms with Crippen LogP contribution in [0, 0.1) is 11.8 Å². The summed E-state index contributed by atoms with van der Waals surface area (Å²) >= 11 is 0. The van der Waals surface area contributed by atoms with E-state index in [1.807, 2.05) is 18.2 Å². The number of ether oxygens (including phenoxy) is 1. The summed E-state index contributed by atoms with van der Waals surface area (Å²) in [5.41, 5.74) is 6.95. The highest BCUT2D eigenvalue weighted by Gasteiger charge is 2.43. The van der Waals surface area contributed by atoms with Crippen LogP contribution in [0.5, 0.6) is 0 Å². The zero-order valence-electron chi connectivity index (χ0n) is 7.84. The maximum Gasteiger partial charge on any atom is 0.0856 e. The maximum atomic E-state index is 6.00. The smallest absolute Gasteiger partial charge is 0.0856 e. The summed E-state index contributed by atoms with van der Waals surface area (Å²) in [4.78, 5) is 0. The van der Waals surface area contributed by atoms with Crippen molar-refractivity contribution in [3.05, 3.63) is 48.2 Å². The fourth-order valence-corrected chi connectivity index (χ4v) is 2.51. The van der Waals surface area contributed by atoms with Crippen LogP contribution in [0.4, 0.5) is 0 Å². The molecule has 2 heteroatoms. The van der Waals surface area contributed by atoms with E-state index in [-0.39, 0.29) is 12.2 Å². The van der Waals surface area contributed by atoms with Gasteiger partial charge >= 0.3 is 0 Å². The molecule has 0 spiro atoms. The molecule has 1 aliphatic heterocycles. The Morgan fingerprint density at radius 2 is 1.79 bits per heavy atom. The van der Waals surface area contributed by atoms with Gasteiger partial charge in [-0.2, -0.15) is 0 Å². The normalized spacial score (nSPS) is 43.3. The molecule has 2 N–H and O–H groups in total. The van der Waals surface area contributed by atoms with Crippen molar-refractivity contribution in [1.82, 2.24) is 0 Å². The van der Waals surface area contributed by atoms with E-state index in [4.69, 9.17) is 10.5 Å². The van der Waals surface area contributed by atoms with E-state index in [0.717, 1.165) is 5.70 Å². The van der Waals surface area contributed by atoms with Crippen LogP contribution in [0.3, 0.4) is 0 Å². The Morgan fingerprint density at radius 3 is 2.71 bits per heavy atom. The van der Waals surface area contributed by atoms with Crippen LogP contribution >= 0.6 is 0 Å². The first-order chi connectivity index (χ1) is 6.86. The summed E-state index contributed by atoms with van der Waals surface area (Å²) < 4.78 is 5.89. The molecule has 0 amide bonds. The molecule has 0 bridgehead atoms. The molecule has 4 unspecified atom stereocenters. The molecule has 2 aliphatic carbocycles. The van der Waals surface area contributed by atoms with Crippen molar-refractivity contribution in [3.63, 3.8) is 0 Å². The van der Waals surface area contributed by atoms with Crippen molar-refractivity contribution in [3.8, 4) is 0 Å². The highest BCUT2D eigenvalue weighted by atomic mass is 16.5. The Balaban J connectivity index is 1.98. The van der Waals surface area contributed by atoms with Crippen LogP contribution in [0.25, 0.3) is 0 Å². The topological polar surface area (TPSA) is 35.2 Å². The first-order valence-electron chi connectivity index (χ1n) is 5.00. The second-order valence-electron chi connectivity index (χ2n) is 3.99. The van der Waals surface area contributed by atoms with Crippen LogP contribution in [0.1, 0.15) is 0 Å². The molecule has 4 atom stereocenters. The molecule has 0 aromatic carbocycles. The van der Waals surface area contributed by atoms with E-state index in [2.05, 4.69) is 24.3 Å². The van der Waals surface area contributed by atoms with Crippen LogP contribution in [0.15, 0.2) is 48.2 Å². The number of rotatable bonds is 0. The highest BCUT2D eigenvalue weighted by molar-refractivity contribution is 5.31. The van der Waals surface area contributed by atoms with Gasteiger partial charge in [-0.05, 0) is 6.08 Å². The second kappa shape index (κ2) is 2.85. The zero-order chi connectivity index (χ0) is 9.54. The van der Waals surface area contributed by atoms with Crippen molar-refractivity contribution < 1.29 is 4.74 Å². The van der Waals surface area contributed by atoms with Gasteiger partial charge in [0.15, 0.2) is 0 Å². The number of allylic oxidation sites excluding steroid dienone is 4. The van der Waals surface area contributed by atoms with Crippen LogP contribution in [0.2, 0.25) is 0 Å². The minimum absolute atomic E-state index is 0.169. The fraction of sp³-hybridized carbons (Fsp3) is 0.333. The molecule has 1 saturated heterocycles. The molecule has 14 heavy (non-hydrogen) atoms. The molecule has 72 valence electrons. The molecule has 3 aliphatic rings. The lowest BCUT2D eigenvalue weighted by Gasteiger charge is -2.22. The summed E-state index contributed by atoms with van der Waals surface area (Å²) in [6.45, 7) is 0. The molecule has 1 fully saturated rings. The predicted molar refractivity (Wildman–Crippen MR) is 55.3 cm³/mol. The van der Waals surface area contributed by atoms with Crippen LogP contribution in [-0.4, -0.2) is 12.2 Å². The lowest BCUT2D eigenvalue weighted by atomic mass is 9.81. The Hall–Kier alpha value is -1.28. The van der Waals surface area contributed by atoms with E-state index < -0.39 is 0 Å². The van der Waals surface area contributed by atoms with Gasteiger partial charge in [-0.25, -0.2) is 0 Å². The third-order valence-corrected chi connectivity index (χ3v) is 3.18. The Morgan fingerprint density at radius 1 is 1.00 bits per heavy atom. The minimum Gasteiger partial charge on any atom is -0.402 e. The third kappa shape index (κ3) is 1.01. The highest BCUT2D eigenvalue weighted by Crippen LogP contribution is 2.40. The maximum absolute atomic E-state index is 6.00. The second-order valence-corrected chi connectivity index (χ2v) is 3.99. The average Bonchev–Trinajstić information content (AvgIpc) is 2.57. The molecule has 0 aromatic heterocycles. The van der Waals surface area contributed by atoms with Crippen molar-refractivity contribution in [1.29, 1.82) is 0 Å². The summed E-state index contributed by atoms with van der Waals surface area (Å²) in [6.07, 6.45) is 14.9. The SMILES string of the molecule is NC1=CC=CC2OC3C=CC=CC3C12. The third-order valence-electron chi connectivity index (χ3n) is 3.18. The van der Waals surface area contributed by atoms with Crippen molar-refractivity contribution in [2.45, 2.75) is 12.2 Å². The van der Waals surface area contributed by atoms with Crippen molar-refractivity contribution >= 4 is 0 Å². The Bertz CT molecular complexity index is 365. The molecule has 0 saturated carbocycles. The quantitative estimate of drug-likeness (QED) is 0.624. The summed E-state index contributed by atoms with van der Waals surface area (Å²) in [6, 6.07) is 0. The first-order valence-corrected chi connectivity index (χ1v) is 5.00. The fourth-order valence-electron chi connectivity index (χ4n) is 2.51.